The van der Waals surface area contributed by atoms with Gasteiger partial charge in [0.25, 0.3) is 0 Å². The van der Waals surface area contributed by atoms with Crippen molar-refractivity contribution in [2.75, 3.05) is 14.6 Å². The van der Waals surface area contributed by atoms with E-state index in [0.29, 0.717) is 0 Å². The summed E-state index contributed by atoms with van der Waals surface area (Å²) in [6.07, 6.45) is 0. The van der Waals surface area contributed by atoms with E-state index in [1.54, 1.807) is 0 Å². The zero-order chi connectivity index (χ0) is 55.0. The molecule has 4 nitrogen and oxygen atoms in total. The summed E-state index contributed by atoms with van der Waals surface area (Å²) < 4.78 is 6.89. The Morgan fingerprint density at radius 3 is 1.48 bits per heavy atom. The lowest BCUT2D eigenvalue weighted by Crippen LogP contribution is -2.62. The molecule has 0 N–H and O–H groups in total. The molecule has 1 aromatic heterocycles. The number of nitrogens with zero attached hydrogens (tertiary/aromatic N) is 3. The molecule has 4 aliphatic rings. The fraction of sp³-hybridized carbons (Fsp3) is 0.0127. The van der Waals surface area contributed by atoms with Crippen molar-refractivity contribution in [1.29, 1.82) is 0 Å². The predicted molar refractivity (Wildman–Crippen MR) is 349 cm³/mol. The number of fused-ring (bicyclic) bond motifs is 17. The van der Waals surface area contributed by atoms with Crippen LogP contribution in [0.4, 0.5) is 45.5 Å². The molecule has 0 radical (unpaired) electrons. The van der Waals surface area contributed by atoms with Crippen LogP contribution in [0.2, 0.25) is 0 Å². The third kappa shape index (κ3) is 6.60. The Bertz CT molecular complexity index is 4830. The largest absolute Gasteiger partial charge is 0.456 e. The lowest BCUT2D eigenvalue weighted by atomic mass is 9.42. The Labute approximate surface area is 488 Å². The highest BCUT2D eigenvalue weighted by molar-refractivity contribution is 6.94. The minimum atomic E-state index is -0.604. The monoisotopic (exact) mass is 1070 g/mol. The molecule has 3 aliphatic heterocycles. The summed E-state index contributed by atoms with van der Waals surface area (Å²) in [5.74, 6) is 0. The average molecular weight is 1070 g/mol. The second-order valence-electron chi connectivity index (χ2n) is 22.6. The van der Waals surface area contributed by atoms with Crippen molar-refractivity contribution in [2.24, 2.45) is 0 Å². The number of hydrogen-bond donors (Lipinski definition) is 0. The topological polar surface area (TPSA) is 22.9 Å². The summed E-state index contributed by atoms with van der Waals surface area (Å²) in [5, 5.41) is 2.20. The van der Waals surface area contributed by atoms with Gasteiger partial charge in [-0.3, -0.25) is 0 Å². The first-order chi connectivity index (χ1) is 41.7. The van der Waals surface area contributed by atoms with Gasteiger partial charge < -0.3 is 19.0 Å². The molecular weight excluding hydrogens is 1020 g/mol. The lowest BCUT2D eigenvalue weighted by Gasteiger charge is -2.51. The highest BCUT2D eigenvalue weighted by Crippen LogP contribution is 2.64. The van der Waals surface area contributed by atoms with E-state index in [4.69, 9.17) is 4.42 Å². The number of rotatable bonds is 7. The Morgan fingerprint density at radius 1 is 0.345 bits per heavy atom. The summed E-state index contributed by atoms with van der Waals surface area (Å²) in [7, 11) is 0. The van der Waals surface area contributed by atoms with Crippen LogP contribution in [0.3, 0.4) is 0 Å². The molecule has 4 heterocycles. The first-order valence-corrected chi connectivity index (χ1v) is 29.1. The van der Waals surface area contributed by atoms with Gasteiger partial charge in [0.1, 0.15) is 11.2 Å². The molecule has 18 rings (SSSR count). The fourth-order valence-corrected chi connectivity index (χ4v) is 15.0. The number of para-hydroxylation sites is 3. The van der Waals surface area contributed by atoms with Gasteiger partial charge in [0, 0.05) is 56.1 Å². The molecule has 0 amide bonds. The van der Waals surface area contributed by atoms with Crippen molar-refractivity contribution in [3.63, 3.8) is 0 Å². The van der Waals surface area contributed by atoms with E-state index in [9.17, 15) is 0 Å². The maximum absolute atomic E-state index is 6.89. The number of benzene rings is 13. The first-order valence-electron chi connectivity index (χ1n) is 29.1. The van der Waals surface area contributed by atoms with Crippen LogP contribution in [-0.2, 0) is 5.41 Å². The second-order valence-corrected chi connectivity index (χ2v) is 22.6. The van der Waals surface area contributed by atoms with Crippen molar-refractivity contribution < 1.29 is 4.42 Å². The lowest BCUT2D eigenvalue weighted by molar-refractivity contribution is 0.669. The Morgan fingerprint density at radius 2 is 0.857 bits per heavy atom. The minimum Gasteiger partial charge on any atom is -0.456 e. The molecule has 84 heavy (non-hydrogen) atoms. The van der Waals surface area contributed by atoms with Gasteiger partial charge in [-0.2, -0.15) is 0 Å². The third-order valence-corrected chi connectivity index (χ3v) is 18.4. The van der Waals surface area contributed by atoms with E-state index in [1.807, 2.05) is 0 Å². The van der Waals surface area contributed by atoms with Crippen LogP contribution in [0.1, 0.15) is 22.3 Å². The molecule has 0 bridgehead atoms. The Kier molecular flexibility index (Phi) is 10.1. The Hall–Kier alpha value is -10.9. The quantitative estimate of drug-likeness (QED) is 0.148. The van der Waals surface area contributed by atoms with E-state index in [0.717, 1.165) is 61.6 Å². The SMILES string of the molecule is c1ccc(-c2ccc(N3B4c5cccc6c5N(c5ccccc5C65c6ccccc6-c6ccccc65)c5cc(N(c6ccc(-c7ccccc7)cc6)c6ccc(-c7ccccc7)cc6)cc(c54)-c4c3ccc3oc5ccccc5c43)cc2)cc1. The second kappa shape index (κ2) is 18.1. The third-order valence-electron chi connectivity index (χ3n) is 18.4. The van der Waals surface area contributed by atoms with E-state index in [1.165, 1.54) is 94.6 Å². The van der Waals surface area contributed by atoms with Gasteiger partial charge in [0.05, 0.1) is 11.1 Å². The fourth-order valence-electron chi connectivity index (χ4n) is 15.0. The van der Waals surface area contributed by atoms with E-state index < -0.39 is 5.41 Å². The molecule has 0 saturated heterocycles. The van der Waals surface area contributed by atoms with Crippen molar-refractivity contribution >= 4 is 85.2 Å². The van der Waals surface area contributed by atoms with Gasteiger partial charge in [-0.25, -0.2) is 0 Å². The van der Waals surface area contributed by atoms with Crippen LogP contribution in [-0.4, -0.2) is 6.85 Å². The van der Waals surface area contributed by atoms with Crippen LogP contribution in [0.25, 0.3) is 77.6 Å². The predicted octanol–water partition coefficient (Wildman–Crippen LogP) is 19.4. The van der Waals surface area contributed by atoms with Gasteiger partial charge in [-0.15, -0.1) is 0 Å². The molecule has 14 aromatic rings. The number of hydrogen-bond acceptors (Lipinski definition) is 4. The molecule has 1 aliphatic carbocycles. The van der Waals surface area contributed by atoms with E-state index in [-0.39, 0.29) is 6.85 Å². The molecule has 390 valence electrons. The molecule has 5 heteroatoms. The van der Waals surface area contributed by atoms with Gasteiger partial charge in [-0.05, 0) is 156 Å². The smallest absolute Gasteiger partial charge is 0.333 e. The van der Waals surface area contributed by atoms with Crippen LogP contribution < -0.4 is 25.5 Å². The van der Waals surface area contributed by atoms with E-state index in [2.05, 4.69) is 318 Å². The van der Waals surface area contributed by atoms with Gasteiger partial charge in [0.15, 0.2) is 0 Å². The zero-order valence-electron chi connectivity index (χ0n) is 45.7. The highest BCUT2D eigenvalue weighted by Gasteiger charge is 2.56. The summed E-state index contributed by atoms with van der Waals surface area (Å²) in [4.78, 5) is 7.77. The number of furan rings is 1. The maximum Gasteiger partial charge on any atom is 0.333 e. The molecule has 0 atom stereocenters. The molecule has 13 aromatic carbocycles. The van der Waals surface area contributed by atoms with Crippen molar-refractivity contribution in [1.82, 2.24) is 0 Å². The minimum absolute atomic E-state index is 0.251. The average Bonchev–Trinajstić information content (AvgIpc) is 1.19. The standard InChI is InChI=1S/C79H50BN3O/c1-4-19-51(20-5-1)54-35-41-57(42-36-54)81(58-43-37-55(38-44-58)52-21-6-2-7-22-52)60-49-64-75-71(47-48-74-76(75)63-27-12-17-34-73(63)84-74)83(59-45-39-56(40-46-59)53-23-8-3-9-24-53)80-69-32-18-31-68-78(69)82(72(50-60)77(64)80)70-33-16-15-30-67(70)79(68)65-28-13-10-25-61(65)62-26-11-14-29-66(62)79/h1-50H. The molecule has 0 unspecified atom stereocenters. The Balaban J connectivity index is 0.965. The normalized spacial score (nSPS) is 13.5. The summed E-state index contributed by atoms with van der Waals surface area (Å²) in [6, 6.07) is 112. The van der Waals surface area contributed by atoms with Crippen molar-refractivity contribution in [2.45, 2.75) is 5.41 Å². The van der Waals surface area contributed by atoms with Gasteiger partial charge in [0.2, 0.25) is 0 Å². The van der Waals surface area contributed by atoms with Crippen LogP contribution >= 0.6 is 0 Å². The van der Waals surface area contributed by atoms with Crippen molar-refractivity contribution in [3.05, 3.63) is 326 Å². The number of anilines is 8. The summed E-state index contributed by atoms with van der Waals surface area (Å²) in [6.45, 7) is -0.251. The molecule has 0 saturated carbocycles. The first kappa shape index (κ1) is 46.8. The molecule has 0 fully saturated rings. The van der Waals surface area contributed by atoms with Gasteiger partial charge in [-0.1, -0.05) is 231 Å². The van der Waals surface area contributed by atoms with Crippen LogP contribution in [0, 0.1) is 0 Å². The van der Waals surface area contributed by atoms with Crippen LogP contribution in [0.15, 0.2) is 308 Å². The van der Waals surface area contributed by atoms with E-state index >= 15 is 0 Å². The summed E-state index contributed by atoms with van der Waals surface area (Å²) in [5.41, 5.74) is 29.7. The van der Waals surface area contributed by atoms with Gasteiger partial charge >= 0.3 is 6.85 Å². The molecular formula is C79H50BN3O. The van der Waals surface area contributed by atoms with Crippen molar-refractivity contribution in [3.8, 4) is 55.6 Å². The highest BCUT2D eigenvalue weighted by atomic mass is 16.3. The van der Waals surface area contributed by atoms with Crippen LogP contribution in [0.5, 0.6) is 0 Å². The molecule has 1 spiro atoms. The zero-order valence-corrected chi connectivity index (χ0v) is 45.7. The summed E-state index contributed by atoms with van der Waals surface area (Å²) >= 11 is 0. The maximum atomic E-state index is 6.89.